The first-order valence-electron chi connectivity index (χ1n) is 20.2. The highest BCUT2D eigenvalue weighted by molar-refractivity contribution is 6.23. The van der Waals surface area contributed by atoms with Crippen molar-refractivity contribution >= 4 is 60.2 Å². The maximum absolute atomic E-state index is 4.34. The van der Waals surface area contributed by atoms with Crippen LogP contribution in [0.15, 0.2) is 231 Å². The van der Waals surface area contributed by atoms with E-state index in [1.54, 1.807) is 0 Å². The van der Waals surface area contributed by atoms with Crippen molar-refractivity contribution in [2.75, 3.05) is 4.90 Å². The average Bonchev–Trinajstić information content (AvgIpc) is 3.31. The Labute approximate surface area is 343 Å². The zero-order valence-corrected chi connectivity index (χ0v) is 32.3. The highest BCUT2D eigenvalue weighted by atomic mass is 15.1. The number of pyridine rings is 1. The van der Waals surface area contributed by atoms with Crippen LogP contribution in [0.1, 0.15) is 0 Å². The van der Waals surface area contributed by atoms with Crippen LogP contribution in [0.25, 0.3) is 87.6 Å². The Kier molecular flexibility index (Phi) is 8.52. The predicted molar refractivity (Wildman–Crippen MR) is 251 cm³/mol. The zero-order valence-electron chi connectivity index (χ0n) is 32.3. The standard InChI is InChI=1S/C57H38N2/c1-3-17-48-42(12-1)14-9-23-50(48)57-53-21-7-5-19-51(53)56(52-20-6-8-22-54(52)57)44-27-25-39(26-28-44)40-29-33-46(34-30-40)59(55-24-10-15-43-13-2-4-18-49(43)55)47-35-31-41(32-36-47)45-16-11-37-58-38-45/h1-38H. The molecule has 0 saturated carbocycles. The third-order valence-corrected chi connectivity index (χ3v) is 11.8. The summed E-state index contributed by atoms with van der Waals surface area (Å²) in [7, 11) is 0. The lowest BCUT2D eigenvalue weighted by Gasteiger charge is -2.27. The molecule has 0 aliphatic carbocycles. The van der Waals surface area contributed by atoms with Crippen molar-refractivity contribution in [3.8, 4) is 44.5 Å². The topological polar surface area (TPSA) is 16.1 Å². The van der Waals surface area contributed by atoms with Crippen molar-refractivity contribution in [3.05, 3.63) is 231 Å². The molecule has 2 nitrogen and oxygen atoms in total. The van der Waals surface area contributed by atoms with E-state index in [2.05, 4.69) is 222 Å². The minimum Gasteiger partial charge on any atom is -0.310 e. The Morgan fingerprint density at radius 2 is 0.729 bits per heavy atom. The van der Waals surface area contributed by atoms with E-state index in [1.165, 1.54) is 76.5 Å². The summed E-state index contributed by atoms with van der Waals surface area (Å²) < 4.78 is 0. The number of fused-ring (bicyclic) bond motifs is 4. The van der Waals surface area contributed by atoms with Gasteiger partial charge in [-0.05, 0) is 119 Å². The molecule has 0 atom stereocenters. The van der Waals surface area contributed by atoms with E-state index < -0.39 is 0 Å². The van der Waals surface area contributed by atoms with E-state index in [1.807, 2.05) is 18.5 Å². The molecule has 0 bridgehead atoms. The number of hydrogen-bond donors (Lipinski definition) is 0. The van der Waals surface area contributed by atoms with Crippen LogP contribution < -0.4 is 4.90 Å². The molecule has 0 aliphatic heterocycles. The number of anilines is 3. The molecular weight excluding hydrogens is 713 g/mol. The summed E-state index contributed by atoms with van der Waals surface area (Å²) in [5.41, 5.74) is 13.0. The van der Waals surface area contributed by atoms with E-state index in [4.69, 9.17) is 0 Å². The quantitative estimate of drug-likeness (QED) is 0.151. The molecule has 0 radical (unpaired) electrons. The summed E-state index contributed by atoms with van der Waals surface area (Å²) in [4.78, 5) is 6.70. The minimum absolute atomic E-state index is 1.09. The summed E-state index contributed by atoms with van der Waals surface area (Å²) in [5, 5.41) is 9.98. The highest BCUT2D eigenvalue weighted by Gasteiger charge is 2.19. The summed E-state index contributed by atoms with van der Waals surface area (Å²) in [6.07, 6.45) is 3.73. The van der Waals surface area contributed by atoms with E-state index in [0.29, 0.717) is 0 Å². The fraction of sp³-hybridized carbons (Fsp3) is 0. The fourth-order valence-electron chi connectivity index (χ4n) is 8.97. The van der Waals surface area contributed by atoms with Gasteiger partial charge in [0, 0.05) is 29.2 Å². The van der Waals surface area contributed by atoms with Gasteiger partial charge >= 0.3 is 0 Å². The summed E-state index contributed by atoms with van der Waals surface area (Å²) in [6, 6.07) is 79.3. The molecule has 0 N–H and O–H groups in total. The van der Waals surface area contributed by atoms with E-state index >= 15 is 0 Å². The van der Waals surface area contributed by atoms with Gasteiger partial charge in [0.2, 0.25) is 0 Å². The molecule has 0 fully saturated rings. The number of rotatable bonds is 7. The third-order valence-electron chi connectivity index (χ3n) is 11.8. The van der Waals surface area contributed by atoms with E-state index in [9.17, 15) is 0 Å². The molecule has 0 aliphatic rings. The van der Waals surface area contributed by atoms with Gasteiger partial charge in [0.15, 0.2) is 0 Å². The molecular formula is C57H38N2. The van der Waals surface area contributed by atoms with Crippen LogP contribution in [0.2, 0.25) is 0 Å². The van der Waals surface area contributed by atoms with Gasteiger partial charge in [-0.1, -0.05) is 182 Å². The lowest BCUT2D eigenvalue weighted by atomic mass is 9.84. The largest absolute Gasteiger partial charge is 0.310 e. The van der Waals surface area contributed by atoms with Crippen molar-refractivity contribution in [1.29, 1.82) is 0 Å². The molecule has 59 heavy (non-hydrogen) atoms. The van der Waals surface area contributed by atoms with Crippen molar-refractivity contribution < 1.29 is 0 Å². The average molecular weight is 751 g/mol. The predicted octanol–water partition coefficient (Wildman–Crippen LogP) is 15.8. The lowest BCUT2D eigenvalue weighted by Crippen LogP contribution is -2.10. The van der Waals surface area contributed by atoms with Gasteiger partial charge in [0.25, 0.3) is 0 Å². The van der Waals surface area contributed by atoms with E-state index in [0.717, 1.165) is 28.2 Å². The second kappa shape index (κ2) is 14.6. The first-order chi connectivity index (χ1) is 29.3. The second-order valence-corrected chi connectivity index (χ2v) is 15.1. The number of hydrogen-bond acceptors (Lipinski definition) is 2. The number of nitrogens with zero attached hydrogens (tertiary/aromatic N) is 2. The molecule has 1 aromatic heterocycles. The Balaban J connectivity index is 0.982. The molecule has 10 aromatic carbocycles. The van der Waals surface area contributed by atoms with Crippen LogP contribution in [-0.2, 0) is 0 Å². The fourth-order valence-corrected chi connectivity index (χ4v) is 8.97. The van der Waals surface area contributed by atoms with Gasteiger partial charge in [-0.25, -0.2) is 0 Å². The normalized spacial score (nSPS) is 11.4. The van der Waals surface area contributed by atoms with Crippen LogP contribution in [0.3, 0.4) is 0 Å². The Hall–Kier alpha value is -7.81. The highest BCUT2D eigenvalue weighted by Crippen LogP contribution is 2.46. The third kappa shape index (κ3) is 6.10. The van der Waals surface area contributed by atoms with Crippen molar-refractivity contribution in [1.82, 2.24) is 4.98 Å². The molecule has 11 rings (SSSR count). The van der Waals surface area contributed by atoms with Gasteiger partial charge in [-0.15, -0.1) is 0 Å². The van der Waals surface area contributed by atoms with Crippen molar-refractivity contribution in [2.24, 2.45) is 0 Å². The second-order valence-electron chi connectivity index (χ2n) is 15.1. The molecule has 1 heterocycles. The SMILES string of the molecule is c1cncc(-c2ccc(N(c3ccc(-c4ccc(-c5c6ccccc6c(-c6cccc7ccccc67)c6ccccc56)cc4)cc3)c3cccc4ccccc34)cc2)c1. The summed E-state index contributed by atoms with van der Waals surface area (Å²) >= 11 is 0. The van der Waals surface area contributed by atoms with Gasteiger partial charge in [-0.3, -0.25) is 4.98 Å². The van der Waals surface area contributed by atoms with Gasteiger partial charge in [0.05, 0.1) is 5.69 Å². The molecule has 0 amide bonds. The van der Waals surface area contributed by atoms with E-state index in [-0.39, 0.29) is 0 Å². The van der Waals surface area contributed by atoms with Gasteiger partial charge in [-0.2, -0.15) is 0 Å². The van der Waals surface area contributed by atoms with Gasteiger partial charge < -0.3 is 4.90 Å². The van der Waals surface area contributed by atoms with Crippen LogP contribution in [0, 0.1) is 0 Å². The maximum Gasteiger partial charge on any atom is 0.0540 e. The molecule has 11 aromatic rings. The lowest BCUT2D eigenvalue weighted by molar-refractivity contribution is 1.29. The molecule has 0 unspecified atom stereocenters. The zero-order chi connectivity index (χ0) is 39.1. The Morgan fingerprint density at radius 3 is 1.31 bits per heavy atom. The first-order valence-corrected chi connectivity index (χ1v) is 20.2. The first kappa shape index (κ1) is 34.4. The molecule has 276 valence electrons. The van der Waals surface area contributed by atoms with Gasteiger partial charge in [0.1, 0.15) is 0 Å². The summed E-state index contributed by atoms with van der Waals surface area (Å²) in [6.45, 7) is 0. The van der Waals surface area contributed by atoms with Crippen LogP contribution in [0.5, 0.6) is 0 Å². The molecule has 0 spiro atoms. The smallest absolute Gasteiger partial charge is 0.0540 e. The minimum atomic E-state index is 1.09. The Bertz CT molecular complexity index is 3230. The monoisotopic (exact) mass is 750 g/mol. The summed E-state index contributed by atoms with van der Waals surface area (Å²) in [5.74, 6) is 0. The van der Waals surface area contributed by atoms with Crippen LogP contribution in [-0.4, -0.2) is 4.98 Å². The van der Waals surface area contributed by atoms with Crippen LogP contribution >= 0.6 is 0 Å². The Morgan fingerprint density at radius 1 is 0.288 bits per heavy atom. The van der Waals surface area contributed by atoms with Crippen molar-refractivity contribution in [2.45, 2.75) is 0 Å². The molecule has 2 heteroatoms. The molecule has 0 saturated heterocycles. The number of aromatic nitrogens is 1. The van der Waals surface area contributed by atoms with Crippen LogP contribution in [0.4, 0.5) is 17.1 Å². The maximum atomic E-state index is 4.34. The number of benzene rings is 10. The van der Waals surface area contributed by atoms with Crippen molar-refractivity contribution in [3.63, 3.8) is 0 Å².